The standard InChI is InChI=1S/C23H28N4O2S.HI/c1-16-27-20(15-30-16)19-7-4-17(5-8-19)10-12-25-23(24)26-13-11-18-6-9-21(28-2)22(14-18)29-3;/h4-9,14-15H,10-13H2,1-3H3,(H3,24,25,26);1H. The molecule has 8 heteroatoms. The molecule has 0 unspecified atom stereocenters. The maximum absolute atomic E-state index is 5.99. The number of nitrogens with one attached hydrogen (secondary N) is 1. The van der Waals surface area contributed by atoms with Crippen molar-refractivity contribution in [2.75, 3.05) is 27.3 Å². The molecule has 3 rings (SSSR count). The maximum atomic E-state index is 5.99. The number of aromatic nitrogens is 1. The van der Waals surface area contributed by atoms with Crippen molar-refractivity contribution in [3.8, 4) is 22.8 Å². The van der Waals surface area contributed by atoms with E-state index in [4.69, 9.17) is 15.2 Å². The molecule has 166 valence electrons. The third-order valence-corrected chi connectivity index (χ3v) is 5.49. The maximum Gasteiger partial charge on any atom is 0.188 e. The Morgan fingerprint density at radius 2 is 1.74 bits per heavy atom. The molecule has 3 aromatic rings. The van der Waals surface area contributed by atoms with E-state index in [1.807, 2.05) is 25.1 Å². The van der Waals surface area contributed by atoms with Crippen LogP contribution in [0.2, 0.25) is 0 Å². The van der Waals surface area contributed by atoms with Gasteiger partial charge in [-0.2, -0.15) is 0 Å². The molecule has 0 bridgehead atoms. The van der Waals surface area contributed by atoms with Crippen LogP contribution < -0.4 is 20.5 Å². The van der Waals surface area contributed by atoms with Gasteiger partial charge in [-0.3, -0.25) is 4.99 Å². The Morgan fingerprint density at radius 3 is 2.39 bits per heavy atom. The zero-order valence-corrected chi connectivity index (χ0v) is 21.2. The first-order valence-electron chi connectivity index (χ1n) is 9.85. The Morgan fingerprint density at radius 1 is 1.03 bits per heavy atom. The summed E-state index contributed by atoms with van der Waals surface area (Å²) in [6.07, 6.45) is 1.66. The molecule has 3 N–H and O–H groups in total. The predicted molar refractivity (Wildman–Crippen MR) is 139 cm³/mol. The fourth-order valence-corrected chi connectivity index (χ4v) is 3.69. The fourth-order valence-electron chi connectivity index (χ4n) is 3.07. The number of aryl methyl sites for hydroxylation is 1. The summed E-state index contributed by atoms with van der Waals surface area (Å²) in [5, 5.41) is 6.33. The van der Waals surface area contributed by atoms with E-state index in [-0.39, 0.29) is 24.0 Å². The topological polar surface area (TPSA) is 81.8 Å². The molecular formula is C23H29IN4O2S. The first-order chi connectivity index (χ1) is 14.6. The van der Waals surface area contributed by atoms with Crippen LogP contribution >= 0.6 is 35.3 Å². The van der Waals surface area contributed by atoms with Gasteiger partial charge < -0.3 is 20.5 Å². The van der Waals surface area contributed by atoms with Crippen molar-refractivity contribution in [2.45, 2.75) is 19.8 Å². The Kier molecular flexibility index (Phi) is 10.1. The number of rotatable bonds is 9. The zero-order chi connectivity index (χ0) is 21.3. The molecule has 31 heavy (non-hydrogen) atoms. The summed E-state index contributed by atoms with van der Waals surface area (Å²) >= 11 is 1.67. The summed E-state index contributed by atoms with van der Waals surface area (Å²) in [6.45, 7) is 3.36. The number of thiazole rings is 1. The van der Waals surface area contributed by atoms with Gasteiger partial charge in [0, 0.05) is 24.0 Å². The van der Waals surface area contributed by atoms with E-state index in [1.54, 1.807) is 25.6 Å². The molecule has 1 heterocycles. The highest BCUT2D eigenvalue weighted by Crippen LogP contribution is 2.27. The van der Waals surface area contributed by atoms with Crippen LogP contribution in [0.25, 0.3) is 11.3 Å². The van der Waals surface area contributed by atoms with Crippen LogP contribution in [0.4, 0.5) is 0 Å². The molecular weight excluding hydrogens is 523 g/mol. The lowest BCUT2D eigenvalue weighted by atomic mass is 10.1. The number of benzene rings is 2. The third-order valence-electron chi connectivity index (χ3n) is 4.72. The van der Waals surface area contributed by atoms with Crippen molar-refractivity contribution in [1.29, 1.82) is 0 Å². The first-order valence-corrected chi connectivity index (χ1v) is 10.7. The predicted octanol–water partition coefficient (Wildman–Crippen LogP) is 4.44. The second kappa shape index (κ2) is 12.5. The van der Waals surface area contributed by atoms with E-state index in [2.05, 4.69) is 44.9 Å². The van der Waals surface area contributed by atoms with Crippen molar-refractivity contribution >= 4 is 41.3 Å². The number of ether oxygens (including phenoxy) is 2. The lowest BCUT2D eigenvalue weighted by Crippen LogP contribution is -2.33. The zero-order valence-electron chi connectivity index (χ0n) is 18.1. The first kappa shape index (κ1) is 24.9. The van der Waals surface area contributed by atoms with Crippen LogP contribution in [0.15, 0.2) is 52.8 Å². The summed E-state index contributed by atoms with van der Waals surface area (Å²) in [6, 6.07) is 14.4. The molecule has 6 nitrogen and oxygen atoms in total. The van der Waals surface area contributed by atoms with Crippen LogP contribution in [0.1, 0.15) is 16.1 Å². The number of nitrogens with zero attached hydrogens (tertiary/aromatic N) is 2. The molecule has 2 aromatic carbocycles. The summed E-state index contributed by atoms with van der Waals surface area (Å²) in [5.41, 5.74) is 10.5. The molecule has 1 aromatic heterocycles. The Labute approximate surface area is 204 Å². The van der Waals surface area contributed by atoms with Crippen molar-refractivity contribution in [3.05, 3.63) is 64.0 Å². The molecule has 0 fully saturated rings. The fraction of sp³-hybridized carbons (Fsp3) is 0.304. The highest BCUT2D eigenvalue weighted by atomic mass is 127. The summed E-state index contributed by atoms with van der Waals surface area (Å²) < 4.78 is 10.6. The van der Waals surface area contributed by atoms with Crippen molar-refractivity contribution < 1.29 is 9.47 Å². The lowest BCUT2D eigenvalue weighted by molar-refractivity contribution is 0.354. The Hall–Kier alpha value is -2.33. The van der Waals surface area contributed by atoms with Gasteiger partial charge in [0.2, 0.25) is 0 Å². The second-order valence-electron chi connectivity index (χ2n) is 6.83. The number of nitrogens with two attached hydrogens (primary N) is 1. The molecule has 0 saturated heterocycles. The molecule has 0 saturated carbocycles. The number of halogens is 1. The van der Waals surface area contributed by atoms with Crippen LogP contribution in [0.3, 0.4) is 0 Å². The molecule has 0 radical (unpaired) electrons. The van der Waals surface area contributed by atoms with Crippen LogP contribution in [-0.2, 0) is 12.8 Å². The Bertz CT molecular complexity index is 989. The summed E-state index contributed by atoms with van der Waals surface area (Å²) in [5.74, 6) is 1.92. The number of methoxy groups -OCH3 is 2. The normalized spacial score (nSPS) is 11.0. The van der Waals surface area contributed by atoms with Crippen LogP contribution in [0.5, 0.6) is 11.5 Å². The van der Waals surface area contributed by atoms with Gasteiger partial charge in [0.05, 0.1) is 24.9 Å². The van der Waals surface area contributed by atoms with E-state index >= 15 is 0 Å². The van der Waals surface area contributed by atoms with Gasteiger partial charge in [0.1, 0.15) is 0 Å². The number of aliphatic imine (C=N–C) groups is 1. The van der Waals surface area contributed by atoms with Gasteiger partial charge in [0.25, 0.3) is 0 Å². The minimum atomic E-state index is 0. The lowest BCUT2D eigenvalue weighted by Gasteiger charge is -2.10. The highest BCUT2D eigenvalue weighted by Gasteiger charge is 2.05. The van der Waals surface area contributed by atoms with Gasteiger partial charge in [0.15, 0.2) is 17.5 Å². The summed E-state index contributed by atoms with van der Waals surface area (Å²) in [7, 11) is 3.27. The third kappa shape index (κ3) is 7.39. The largest absolute Gasteiger partial charge is 0.493 e. The summed E-state index contributed by atoms with van der Waals surface area (Å²) in [4.78, 5) is 8.95. The van der Waals surface area contributed by atoms with Gasteiger partial charge in [-0.1, -0.05) is 30.3 Å². The van der Waals surface area contributed by atoms with E-state index in [0.29, 0.717) is 19.0 Å². The SMILES string of the molecule is COc1ccc(CCNC(N)=NCCc2ccc(-c3csc(C)n3)cc2)cc1OC.I. The average molecular weight is 552 g/mol. The second-order valence-corrected chi connectivity index (χ2v) is 7.89. The van der Waals surface area contributed by atoms with Crippen molar-refractivity contribution in [2.24, 2.45) is 10.7 Å². The van der Waals surface area contributed by atoms with E-state index in [0.717, 1.165) is 46.2 Å². The average Bonchev–Trinajstić information content (AvgIpc) is 3.20. The number of hydrogen-bond donors (Lipinski definition) is 2. The highest BCUT2D eigenvalue weighted by molar-refractivity contribution is 14.0. The van der Waals surface area contributed by atoms with Crippen LogP contribution in [0, 0.1) is 6.92 Å². The van der Waals surface area contributed by atoms with Gasteiger partial charge >= 0.3 is 0 Å². The molecule has 0 atom stereocenters. The molecule has 0 spiro atoms. The molecule has 0 aliphatic rings. The minimum Gasteiger partial charge on any atom is -0.493 e. The van der Waals surface area contributed by atoms with Crippen LogP contribution in [-0.4, -0.2) is 38.3 Å². The molecule has 0 aliphatic heterocycles. The smallest absolute Gasteiger partial charge is 0.188 e. The minimum absolute atomic E-state index is 0. The van der Waals surface area contributed by atoms with Gasteiger partial charge in [-0.05, 0) is 43.0 Å². The van der Waals surface area contributed by atoms with Crippen molar-refractivity contribution in [3.63, 3.8) is 0 Å². The van der Waals surface area contributed by atoms with E-state index in [9.17, 15) is 0 Å². The number of hydrogen-bond acceptors (Lipinski definition) is 5. The molecule has 0 amide bonds. The quantitative estimate of drug-likeness (QED) is 0.233. The van der Waals surface area contributed by atoms with Gasteiger partial charge in [-0.25, -0.2) is 4.98 Å². The molecule has 0 aliphatic carbocycles. The van der Waals surface area contributed by atoms with E-state index < -0.39 is 0 Å². The van der Waals surface area contributed by atoms with E-state index in [1.165, 1.54) is 5.56 Å². The Balaban J connectivity index is 0.00000341. The number of guanidine groups is 1. The van der Waals surface area contributed by atoms with Crippen molar-refractivity contribution in [1.82, 2.24) is 10.3 Å². The van der Waals surface area contributed by atoms with Gasteiger partial charge in [-0.15, -0.1) is 35.3 Å². The monoisotopic (exact) mass is 552 g/mol.